The standard InChI is InChI=1S/C26H23N3O4S.Na/c1-29(2)19-9-4-16(5-10-19)14-21(25(30)17-6-11-20(33-3)12-7-17)24(26(31)32)18-8-13-22-23(15-18)28-34-27-22;/h4-13,15H,14H2,1-3H3,(H,31,32);/q;+1/p-1/b24-21+;. The molecule has 0 aliphatic rings. The Bertz CT molecular complexity index is 1380. The van der Waals surface area contributed by atoms with Crippen LogP contribution >= 0.6 is 11.7 Å². The molecule has 0 saturated carbocycles. The van der Waals surface area contributed by atoms with Crippen LogP contribution in [0.25, 0.3) is 16.6 Å². The van der Waals surface area contributed by atoms with Crippen LogP contribution in [-0.4, -0.2) is 41.7 Å². The van der Waals surface area contributed by atoms with Crippen LogP contribution in [-0.2, 0) is 11.2 Å². The van der Waals surface area contributed by atoms with Crippen molar-refractivity contribution in [3.63, 3.8) is 0 Å². The molecule has 0 N–H and O–H groups in total. The first kappa shape index (κ1) is 26.6. The van der Waals surface area contributed by atoms with Crippen molar-refractivity contribution in [2.24, 2.45) is 0 Å². The largest absolute Gasteiger partial charge is 1.00 e. The zero-order valence-electron chi connectivity index (χ0n) is 19.9. The van der Waals surface area contributed by atoms with E-state index in [1.165, 1.54) is 7.11 Å². The number of hydrogen-bond donors (Lipinski definition) is 0. The van der Waals surface area contributed by atoms with Gasteiger partial charge in [0.05, 0.1) is 24.8 Å². The Labute approximate surface area is 229 Å². The zero-order chi connectivity index (χ0) is 24.2. The molecular weight excluding hydrogens is 473 g/mol. The molecule has 0 atom stereocenters. The summed E-state index contributed by atoms with van der Waals surface area (Å²) in [7, 11) is 5.41. The first-order chi connectivity index (χ1) is 16.4. The van der Waals surface area contributed by atoms with Crippen molar-refractivity contribution in [1.82, 2.24) is 8.75 Å². The average Bonchev–Trinajstić information content (AvgIpc) is 3.31. The van der Waals surface area contributed by atoms with E-state index in [-0.39, 0.29) is 47.1 Å². The average molecular weight is 496 g/mol. The predicted octanol–water partition coefficient (Wildman–Crippen LogP) is 0.399. The Hall–Kier alpha value is -3.04. The van der Waals surface area contributed by atoms with Crippen molar-refractivity contribution in [2.45, 2.75) is 6.42 Å². The van der Waals surface area contributed by atoms with E-state index in [1.807, 2.05) is 43.3 Å². The molecule has 4 aromatic rings. The van der Waals surface area contributed by atoms with Gasteiger partial charge in [-0.05, 0) is 59.7 Å². The van der Waals surface area contributed by atoms with Crippen LogP contribution in [0.1, 0.15) is 21.5 Å². The molecule has 35 heavy (non-hydrogen) atoms. The summed E-state index contributed by atoms with van der Waals surface area (Å²) in [6.07, 6.45) is 0.120. The normalized spacial score (nSPS) is 11.4. The fraction of sp³-hybridized carbons (Fsp3) is 0.154. The van der Waals surface area contributed by atoms with Gasteiger partial charge >= 0.3 is 29.6 Å². The summed E-state index contributed by atoms with van der Waals surface area (Å²) in [6.45, 7) is 0. The summed E-state index contributed by atoms with van der Waals surface area (Å²) in [4.78, 5) is 28.0. The second-order valence-electron chi connectivity index (χ2n) is 7.90. The number of allylic oxidation sites excluding steroid dienone is 1. The van der Waals surface area contributed by atoms with Crippen LogP contribution in [0.15, 0.2) is 72.3 Å². The number of carbonyl (C=O) groups excluding carboxylic acids is 2. The van der Waals surface area contributed by atoms with E-state index in [2.05, 4.69) is 8.75 Å². The number of Topliss-reactive ketones (excluding diaryl/α,β-unsaturated/α-hetero) is 1. The number of aromatic nitrogens is 2. The minimum atomic E-state index is -1.43. The van der Waals surface area contributed by atoms with Crippen LogP contribution in [0.2, 0.25) is 0 Å². The van der Waals surface area contributed by atoms with E-state index in [1.54, 1.807) is 42.5 Å². The number of carboxylic acid groups (broad SMARTS) is 1. The number of aliphatic carboxylic acids is 1. The van der Waals surface area contributed by atoms with Crippen molar-refractivity contribution in [3.05, 3.63) is 89.0 Å². The smallest absolute Gasteiger partial charge is 0.545 e. The predicted molar refractivity (Wildman–Crippen MR) is 131 cm³/mol. The van der Waals surface area contributed by atoms with Crippen molar-refractivity contribution >= 4 is 45.8 Å². The quantitative estimate of drug-likeness (QED) is 0.198. The second kappa shape index (κ2) is 11.6. The van der Waals surface area contributed by atoms with Crippen LogP contribution in [0.5, 0.6) is 5.75 Å². The molecule has 0 saturated heterocycles. The van der Waals surface area contributed by atoms with Gasteiger partial charge in [-0.25, -0.2) is 0 Å². The van der Waals surface area contributed by atoms with E-state index < -0.39 is 11.8 Å². The number of benzene rings is 3. The van der Waals surface area contributed by atoms with Gasteiger partial charge in [0.1, 0.15) is 16.8 Å². The number of methoxy groups -OCH3 is 1. The summed E-state index contributed by atoms with van der Waals surface area (Å²) < 4.78 is 13.6. The number of ether oxygens (including phenoxy) is 1. The fourth-order valence-electron chi connectivity index (χ4n) is 3.67. The Morgan fingerprint density at radius 3 is 2.14 bits per heavy atom. The molecule has 0 unspecified atom stereocenters. The Morgan fingerprint density at radius 1 is 0.914 bits per heavy atom. The minimum absolute atomic E-state index is 0. The molecule has 4 rings (SSSR count). The van der Waals surface area contributed by atoms with Gasteiger partial charge in [0.2, 0.25) is 0 Å². The summed E-state index contributed by atoms with van der Waals surface area (Å²) in [5, 5.41) is 12.4. The molecule has 172 valence electrons. The maximum absolute atomic E-state index is 13.6. The third kappa shape index (κ3) is 5.97. The molecule has 7 nitrogen and oxygen atoms in total. The van der Waals surface area contributed by atoms with Crippen LogP contribution < -0.4 is 44.3 Å². The molecule has 0 spiro atoms. The molecule has 9 heteroatoms. The third-order valence-corrected chi connectivity index (χ3v) is 6.06. The number of carboxylic acids is 1. The van der Waals surface area contributed by atoms with E-state index in [0.29, 0.717) is 27.9 Å². The van der Waals surface area contributed by atoms with Gasteiger partial charge in [-0.15, -0.1) is 0 Å². The van der Waals surface area contributed by atoms with E-state index in [4.69, 9.17) is 4.74 Å². The molecular formula is C26H22N3NaO4S. The van der Waals surface area contributed by atoms with Gasteiger partial charge in [0.15, 0.2) is 5.78 Å². The van der Waals surface area contributed by atoms with E-state index >= 15 is 0 Å². The van der Waals surface area contributed by atoms with Crippen LogP contribution in [0.4, 0.5) is 5.69 Å². The van der Waals surface area contributed by atoms with Gasteiger partial charge in [0, 0.05) is 42.9 Å². The van der Waals surface area contributed by atoms with Crippen molar-refractivity contribution < 1.29 is 49.0 Å². The van der Waals surface area contributed by atoms with Gasteiger partial charge in [-0.2, -0.15) is 8.75 Å². The molecule has 0 bridgehead atoms. The van der Waals surface area contributed by atoms with Gasteiger partial charge in [-0.1, -0.05) is 18.2 Å². The molecule has 3 aromatic carbocycles. The SMILES string of the molecule is COc1ccc(C(=O)/C(Cc2ccc(N(C)C)cc2)=C(/C(=O)[O-])c2ccc3nsnc3c2)cc1.[Na+]. The Balaban J connectivity index is 0.00000342. The van der Waals surface area contributed by atoms with Crippen LogP contribution in [0, 0.1) is 0 Å². The Morgan fingerprint density at radius 2 is 1.54 bits per heavy atom. The van der Waals surface area contributed by atoms with E-state index in [0.717, 1.165) is 23.0 Å². The third-order valence-electron chi connectivity index (χ3n) is 5.51. The van der Waals surface area contributed by atoms with Gasteiger partial charge in [-0.3, -0.25) is 4.79 Å². The first-order valence-electron chi connectivity index (χ1n) is 10.5. The van der Waals surface area contributed by atoms with Crippen LogP contribution in [0.3, 0.4) is 0 Å². The van der Waals surface area contributed by atoms with Crippen molar-refractivity contribution in [3.8, 4) is 5.75 Å². The molecule has 0 radical (unpaired) electrons. The minimum Gasteiger partial charge on any atom is -0.545 e. The molecule has 1 heterocycles. The molecule has 1 aromatic heterocycles. The monoisotopic (exact) mass is 495 g/mol. The molecule has 0 fully saturated rings. The summed E-state index contributed by atoms with van der Waals surface area (Å²) in [5.41, 5.74) is 3.70. The number of carbonyl (C=O) groups is 2. The van der Waals surface area contributed by atoms with Crippen molar-refractivity contribution in [1.29, 1.82) is 0 Å². The van der Waals surface area contributed by atoms with Crippen molar-refractivity contribution in [2.75, 3.05) is 26.1 Å². The summed E-state index contributed by atoms with van der Waals surface area (Å²) in [5.74, 6) is -1.22. The molecule has 0 amide bonds. The number of rotatable bonds is 8. The molecule has 0 aliphatic heterocycles. The number of anilines is 1. The van der Waals surface area contributed by atoms with Gasteiger partial charge in [0.25, 0.3) is 0 Å². The number of fused-ring (bicyclic) bond motifs is 1. The maximum atomic E-state index is 13.6. The number of ketones is 1. The van der Waals surface area contributed by atoms with Gasteiger partial charge < -0.3 is 19.5 Å². The first-order valence-corrected chi connectivity index (χ1v) is 11.2. The Kier molecular flexibility index (Phi) is 8.80. The summed E-state index contributed by atoms with van der Waals surface area (Å²) in [6, 6.07) is 19.2. The molecule has 0 aliphatic carbocycles. The second-order valence-corrected chi connectivity index (χ2v) is 8.43. The topological polar surface area (TPSA) is 95.5 Å². The summed E-state index contributed by atoms with van der Waals surface area (Å²) >= 11 is 1.04. The number of hydrogen-bond acceptors (Lipinski definition) is 8. The number of nitrogens with zero attached hydrogens (tertiary/aromatic N) is 3. The maximum Gasteiger partial charge on any atom is 1.00 e. The fourth-order valence-corrected chi connectivity index (χ4v) is 4.19. The van der Waals surface area contributed by atoms with E-state index in [9.17, 15) is 14.7 Å². The zero-order valence-corrected chi connectivity index (χ0v) is 22.8.